The average molecular weight is 288 g/mol. The molecule has 0 bridgehead atoms. The Balaban J connectivity index is 1.76. The molecule has 0 saturated heterocycles. The van der Waals surface area contributed by atoms with E-state index in [0.717, 1.165) is 36.5 Å². The van der Waals surface area contributed by atoms with Crippen LogP contribution in [0.25, 0.3) is 0 Å². The summed E-state index contributed by atoms with van der Waals surface area (Å²) in [6.45, 7) is 7.40. The average Bonchev–Trinajstić information content (AvgIpc) is 2.94. The molecule has 3 nitrogen and oxygen atoms in total. The van der Waals surface area contributed by atoms with Gasteiger partial charge in [-0.15, -0.1) is 0 Å². The molecule has 0 amide bonds. The number of hydrogen-bond donors (Lipinski definition) is 0. The van der Waals surface area contributed by atoms with Crippen molar-refractivity contribution in [1.82, 2.24) is 0 Å². The van der Waals surface area contributed by atoms with Gasteiger partial charge in [-0.1, -0.05) is 24.1 Å². The zero-order chi connectivity index (χ0) is 15.1. The molecule has 2 rings (SSSR count). The minimum atomic E-state index is 0.294. The van der Waals surface area contributed by atoms with Crippen molar-refractivity contribution in [1.29, 1.82) is 0 Å². The predicted molar refractivity (Wildman–Crippen MR) is 85.1 cm³/mol. The molecule has 0 spiro atoms. The molecule has 0 radical (unpaired) electrons. The lowest BCUT2D eigenvalue weighted by Crippen LogP contribution is -1.95. The van der Waals surface area contributed by atoms with Crippen LogP contribution in [0, 0.1) is 0 Å². The van der Waals surface area contributed by atoms with E-state index >= 15 is 0 Å². The third kappa shape index (κ3) is 4.85. The number of ether oxygens (including phenoxy) is 3. The molecule has 1 aliphatic rings. The van der Waals surface area contributed by atoms with Crippen LogP contribution in [0.5, 0.6) is 17.2 Å². The molecule has 114 valence electrons. The van der Waals surface area contributed by atoms with E-state index in [1.165, 1.54) is 11.1 Å². The van der Waals surface area contributed by atoms with Crippen molar-refractivity contribution >= 4 is 0 Å². The first kappa shape index (κ1) is 15.5. The predicted octanol–water partition coefficient (Wildman–Crippen LogP) is 4.88. The Kier molecular flexibility index (Phi) is 5.73. The second-order valence-corrected chi connectivity index (χ2v) is 5.32. The van der Waals surface area contributed by atoms with Crippen LogP contribution in [0.4, 0.5) is 0 Å². The Hall–Kier alpha value is -1.90. The van der Waals surface area contributed by atoms with Gasteiger partial charge in [0.15, 0.2) is 11.5 Å². The molecule has 3 heteroatoms. The fourth-order valence-electron chi connectivity index (χ4n) is 2.04. The zero-order valence-electron chi connectivity index (χ0n) is 13.1. The molecule has 1 aliphatic heterocycles. The first-order valence-electron chi connectivity index (χ1n) is 7.52. The second-order valence-electron chi connectivity index (χ2n) is 5.32. The molecule has 1 heterocycles. The topological polar surface area (TPSA) is 27.7 Å². The van der Waals surface area contributed by atoms with Crippen molar-refractivity contribution in [3.63, 3.8) is 0 Å². The molecule has 21 heavy (non-hydrogen) atoms. The summed E-state index contributed by atoms with van der Waals surface area (Å²) < 4.78 is 16.3. The van der Waals surface area contributed by atoms with Gasteiger partial charge in [0.25, 0.3) is 0 Å². The van der Waals surface area contributed by atoms with E-state index in [1.807, 2.05) is 18.2 Å². The van der Waals surface area contributed by atoms with Gasteiger partial charge in [0.05, 0.1) is 0 Å². The molecule has 0 saturated carbocycles. The summed E-state index contributed by atoms with van der Waals surface area (Å²) in [4.78, 5) is 0. The van der Waals surface area contributed by atoms with E-state index in [4.69, 9.17) is 14.2 Å². The highest BCUT2D eigenvalue weighted by Crippen LogP contribution is 2.35. The van der Waals surface area contributed by atoms with Crippen LogP contribution in [0.2, 0.25) is 0 Å². The van der Waals surface area contributed by atoms with E-state index in [2.05, 4.69) is 32.9 Å². The maximum absolute atomic E-state index is 5.72. The quantitative estimate of drug-likeness (QED) is 0.669. The van der Waals surface area contributed by atoms with Gasteiger partial charge in [-0.3, -0.25) is 0 Å². The van der Waals surface area contributed by atoms with E-state index in [9.17, 15) is 0 Å². The summed E-state index contributed by atoms with van der Waals surface area (Å²) in [5.41, 5.74) is 2.82. The van der Waals surface area contributed by atoms with Crippen LogP contribution < -0.4 is 14.2 Å². The molecule has 1 aromatic rings. The molecule has 0 fully saturated rings. The van der Waals surface area contributed by atoms with Crippen LogP contribution in [0.3, 0.4) is 0 Å². The Morgan fingerprint density at radius 1 is 1.14 bits per heavy atom. The minimum absolute atomic E-state index is 0.294. The maximum atomic E-state index is 5.72. The normalized spacial score (nSPS) is 14.4. The molecule has 0 unspecified atom stereocenters. The summed E-state index contributed by atoms with van der Waals surface area (Å²) in [7, 11) is 0. The van der Waals surface area contributed by atoms with Gasteiger partial charge in [0, 0.05) is 6.07 Å². The lowest BCUT2D eigenvalue weighted by Gasteiger charge is -2.05. The zero-order valence-corrected chi connectivity index (χ0v) is 13.1. The highest BCUT2D eigenvalue weighted by atomic mass is 16.7. The van der Waals surface area contributed by atoms with Crippen molar-refractivity contribution in [3.05, 3.63) is 41.5 Å². The van der Waals surface area contributed by atoms with E-state index < -0.39 is 0 Å². The lowest BCUT2D eigenvalue weighted by molar-refractivity contribution is 0.174. The Bertz CT molecular complexity index is 529. The number of benzene rings is 1. The molecular formula is C18H24O3. The van der Waals surface area contributed by atoms with E-state index in [-0.39, 0.29) is 0 Å². The SMILES string of the molecule is CC/C(C)=C/CC/C(C)=C/COc1ccc2c(c1)OCO2. The second kappa shape index (κ2) is 7.77. The van der Waals surface area contributed by atoms with Crippen LogP contribution in [-0.2, 0) is 0 Å². The molecular weight excluding hydrogens is 264 g/mol. The number of rotatable bonds is 7. The number of fused-ring (bicyclic) bond motifs is 1. The standard InChI is InChI=1S/C18H24O3/c1-4-14(2)6-5-7-15(3)10-11-19-16-8-9-17-18(12-16)21-13-20-17/h6,8-10,12H,4-5,7,11,13H2,1-3H3/b14-6+,15-10+. The summed E-state index contributed by atoms with van der Waals surface area (Å²) in [6, 6.07) is 5.66. The summed E-state index contributed by atoms with van der Waals surface area (Å²) in [5, 5.41) is 0. The van der Waals surface area contributed by atoms with Crippen LogP contribution >= 0.6 is 0 Å². The first-order valence-corrected chi connectivity index (χ1v) is 7.52. The highest BCUT2D eigenvalue weighted by Gasteiger charge is 2.13. The van der Waals surface area contributed by atoms with Crippen LogP contribution in [0.15, 0.2) is 41.5 Å². The third-order valence-electron chi connectivity index (χ3n) is 3.61. The van der Waals surface area contributed by atoms with Gasteiger partial charge in [-0.25, -0.2) is 0 Å². The molecule has 0 atom stereocenters. The van der Waals surface area contributed by atoms with Crippen LogP contribution in [-0.4, -0.2) is 13.4 Å². The van der Waals surface area contributed by atoms with Gasteiger partial charge in [0.1, 0.15) is 12.4 Å². The Morgan fingerprint density at radius 2 is 1.95 bits per heavy atom. The highest BCUT2D eigenvalue weighted by molar-refractivity contribution is 5.46. The summed E-state index contributed by atoms with van der Waals surface area (Å²) in [5.74, 6) is 2.35. The van der Waals surface area contributed by atoms with E-state index in [0.29, 0.717) is 13.4 Å². The van der Waals surface area contributed by atoms with Gasteiger partial charge >= 0.3 is 0 Å². The molecule has 0 aliphatic carbocycles. The first-order chi connectivity index (χ1) is 10.2. The van der Waals surface area contributed by atoms with Crippen molar-refractivity contribution in [2.75, 3.05) is 13.4 Å². The van der Waals surface area contributed by atoms with Crippen molar-refractivity contribution < 1.29 is 14.2 Å². The molecule has 0 aromatic heterocycles. The monoisotopic (exact) mass is 288 g/mol. The van der Waals surface area contributed by atoms with Gasteiger partial charge in [0.2, 0.25) is 6.79 Å². The third-order valence-corrected chi connectivity index (χ3v) is 3.61. The van der Waals surface area contributed by atoms with Gasteiger partial charge in [-0.2, -0.15) is 0 Å². The van der Waals surface area contributed by atoms with Crippen molar-refractivity contribution in [2.24, 2.45) is 0 Å². The molecule has 0 N–H and O–H groups in total. The van der Waals surface area contributed by atoms with Gasteiger partial charge in [-0.05, 0) is 51.3 Å². The van der Waals surface area contributed by atoms with Crippen molar-refractivity contribution in [2.45, 2.75) is 40.0 Å². The maximum Gasteiger partial charge on any atom is 0.231 e. The Morgan fingerprint density at radius 3 is 2.76 bits per heavy atom. The fourth-order valence-corrected chi connectivity index (χ4v) is 2.04. The number of allylic oxidation sites excluding steroid dienone is 3. The Labute approximate surface area is 127 Å². The fraction of sp³-hybridized carbons (Fsp3) is 0.444. The van der Waals surface area contributed by atoms with E-state index in [1.54, 1.807) is 0 Å². The molecule has 1 aromatic carbocycles. The van der Waals surface area contributed by atoms with Gasteiger partial charge < -0.3 is 14.2 Å². The minimum Gasteiger partial charge on any atom is -0.489 e. The van der Waals surface area contributed by atoms with Crippen LogP contribution in [0.1, 0.15) is 40.0 Å². The summed E-state index contributed by atoms with van der Waals surface area (Å²) in [6.07, 6.45) is 7.78. The smallest absolute Gasteiger partial charge is 0.231 e. The summed E-state index contributed by atoms with van der Waals surface area (Å²) >= 11 is 0. The number of hydrogen-bond acceptors (Lipinski definition) is 3. The van der Waals surface area contributed by atoms with Crippen molar-refractivity contribution in [3.8, 4) is 17.2 Å². The largest absolute Gasteiger partial charge is 0.489 e. The lowest BCUT2D eigenvalue weighted by atomic mass is 10.1.